The van der Waals surface area contributed by atoms with E-state index in [0.29, 0.717) is 13.1 Å². The first-order chi connectivity index (χ1) is 14.5. The van der Waals surface area contributed by atoms with Crippen molar-refractivity contribution in [2.75, 3.05) is 45.4 Å². The van der Waals surface area contributed by atoms with E-state index in [2.05, 4.69) is 23.6 Å². The Kier molecular flexibility index (Phi) is 6.17. The van der Waals surface area contributed by atoms with Crippen molar-refractivity contribution in [1.29, 1.82) is 0 Å². The minimum absolute atomic E-state index is 0.253. The van der Waals surface area contributed by atoms with Gasteiger partial charge in [-0.25, -0.2) is 14.4 Å². The molecule has 0 aliphatic carbocycles. The molecule has 0 saturated carbocycles. The van der Waals surface area contributed by atoms with Crippen LogP contribution < -0.4 is 9.64 Å². The van der Waals surface area contributed by atoms with Crippen LogP contribution in [-0.2, 0) is 17.8 Å². The molecule has 0 N–H and O–H groups in total. The van der Waals surface area contributed by atoms with Crippen molar-refractivity contribution in [2.45, 2.75) is 26.9 Å². The van der Waals surface area contributed by atoms with Crippen LogP contribution in [0.1, 0.15) is 21.8 Å². The maximum absolute atomic E-state index is 14.2. The summed E-state index contributed by atoms with van der Waals surface area (Å²) in [7, 11) is 3.47. The van der Waals surface area contributed by atoms with E-state index in [1.165, 1.54) is 23.6 Å². The molecule has 160 valence electrons. The highest BCUT2D eigenvalue weighted by Gasteiger charge is 2.20. The number of benzene rings is 1. The van der Waals surface area contributed by atoms with Crippen molar-refractivity contribution in [3.8, 4) is 5.75 Å². The molecule has 3 heterocycles. The molecule has 8 heteroatoms. The standard InChI is InChI=1S/C22H27FN4O2S/c1-14-15(2)30-22-20(14)21(24-19(25-22)13-27-7-9-29-10-8-27)26(3)12-16-5-6-18(28-4)17(23)11-16/h5-6,11H,7-10,12-13H2,1-4H3. The van der Waals surface area contributed by atoms with Gasteiger partial charge in [0, 0.05) is 31.6 Å². The van der Waals surface area contributed by atoms with E-state index < -0.39 is 0 Å². The first-order valence-corrected chi connectivity index (χ1v) is 10.9. The summed E-state index contributed by atoms with van der Waals surface area (Å²) in [5, 5.41) is 1.08. The Bertz CT molecular complexity index is 1050. The molecule has 6 nitrogen and oxygen atoms in total. The van der Waals surface area contributed by atoms with Crippen LogP contribution in [0.4, 0.5) is 10.2 Å². The fourth-order valence-corrected chi connectivity index (χ4v) is 4.78. The van der Waals surface area contributed by atoms with Crippen LogP contribution in [-0.4, -0.2) is 55.3 Å². The fourth-order valence-electron chi connectivity index (χ4n) is 3.73. The van der Waals surface area contributed by atoms with Gasteiger partial charge in [0.15, 0.2) is 11.6 Å². The van der Waals surface area contributed by atoms with E-state index in [1.807, 2.05) is 13.1 Å². The first kappa shape index (κ1) is 21.0. The van der Waals surface area contributed by atoms with Crippen LogP contribution in [0.2, 0.25) is 0 Å². The summed E-state index contributed by atoms with van der Waals surface area (Å²) in [4.78, 5) is 16.4. The van der Waals surface area contributed by atoms with Gasteiger partial charge >= 0.3 is 0 Å². The highest BCUT2D eigenvalue weighted by atomic mass is 32.1. The number of ether oxygens (including phenoxy) is 2. The van der Waals surface area contributed by atoms with Crippen molar-refractivity contribution in [1.82, 2.24) is 14.9 Å². The summed E-state index contributed by atoms with van der Waals surface area (Å²) >= 11 is 1.70. The maximum Gasteiger partial charge on any atom is 0.165 e. The third-order valence-electron chi connectivity index (χ3n) is 5.52. The molecule has 0 radical (unpaired) electrons. The zero-order chi connectivity index (χ0) is 21.3. The van der Waals surface area contributed by atoms with Crippen molar-refractivity contribution in [2.24, 2.45) is 0 Å². The first-order valence-electron chi connectivity index (χ1n) is 10.1. The van der Waals surface area contributed by atoms with Crippen LogP contribution in [0.25, 0.3) is 10.2 Å². The van der Waals surface area contributed by atoms with E-state index >= 15 is 0 Å². The summed E-state index contributed by atoms with van der Waals surface area (Å²) in [6.07, 6.45) is 0. The molecule has 0 spiro atoms. The molecule has 1 aromatic carbocycles. The van der Waals surface area contributed by atoms with Crippen molar-refractivity contribution >= 4 is 27.4 Å². The zero-order valence-electron chi connectivity index (χ0n) is 17.9. The molecule has 30 heavy (non-hydrogen) atoms. The predicted octanol–water partition coefficient (Wildman–Crippen LogP) is 3.92. The number of hydrogen-bond donors (Lipinski definition) is 0. The minimum Gasteiger partial charge on any atom is -0.494 e. The SMILES string of the molecule is COc1ccc(CN(C)c2nc(CN3CCOCC3)nc3sc(C)c(C)c23)cc1F. The molecule has 1 fully saturated rings. The Labute approximate surface area is 180 Å². The summed E-state index contributed by atoms with van der Waals surface area (Å²) in [6, 6.07) is 5.07. The third-order valence-corrected chi connectivity index (χ3v) is 6.62. The van der Waals surface area contributed by atoms with E-state index in [1.54, 1.807) is 17.4 Å². The summed E-state index contributed by atoms with van der Waals surface area (Å²) < 4.78 is 24.7. The minimum atomic E-state index is -0.355. The average Bonchev–Trinajstić information content (AvgIpc) is 3.02. The summed E-state index contributed by atoms with van der Waals surface area (Å²) in [5.41, 5.74) is 2.07. The van der Waals surface area contributed by atoms with Gasteiger partial charge in [0.25, 0.3) is 0 Å². The Balaban J connectivity index is 1.67. The number of rotatable bonds is 6. The largest absolute Gasteiger partial charge is 0.494 e. The zero-order valence-corrected chi connectivity index (χ0v) is 18.7. The number of aryl methyl sites for hydroxylation is 2. The van der Waals surface area contributed by atoms with Crippen LogP contribution >= 0.6 is 11.3 Å². The number of anilines is 1. The Morgan fingerprint density at radius 2 is 2.00 bits per heavy atom. The van der Waals surface area contributed by atoms with E-state index in [0.717, 1.165) is 53.7 Å². The average molecular weight is 431 g/mol. The molecule has 1 aliphatic rings. The highest BCUT2D eigenvalue weighted by molar-refractivity contribution is 7.18. The molecule has 1 aliphatic heterocycles. The number of fused-ring (bicyclic) bond motifs is 1. The Morgan fingerprint density at radius 1 is 1.23 bits per heavy atom. The second-order valence-electron chi connectivity index (χ2n) is 7.64. The molecule has 0 amide bonds. The van der Waals surface area contributed by atoms with Crippen molar-refractivity contribution < 1.29 is 13.9 Å². The quantitative estimate of drug-likeness (QED) is 0.591. The maximum atomic E-state index is 14.2. The summed E-state index contributed by atoms with van der Waals surface area (Å²) in [5.74, 6) is 1.60. The summed E-state index contributed by atoms with van der Waals surface area (Å²) in [6.45, 7) is 8.74. The van der Waals surface area contributed by atoms with Gasteiger partial charge in [-0.2, -0.15) is 0 Å². The Hall–Kier alpha value is -2.29. The molecule has 2 aromatic heterocycles. The van der Waals surface area contributed by atoms with Gasteiger partial charge in [-0.05, 0) is 37.1 Å². The van der Waals surface area contributed by atoms with Crippen LogP contribution in [0.5, 0.6) is 5.75 Å². The lowest BCUT2D eigenvalue weighted by Gasteiger charge is -2.26. The van der Waals surface area contributed by atoms with Gasteiger partial charge in [-0.15, -0.1) is 11.3 Å². The number of halogens is 1. The monoisotopic (exact) mass is 430 g/mol. The van der Waals surface area contributed by atoms with Crippen LogP contribution in [0.3, 0.4) is 0 Å². The Morgan fingerprint density at radius 3 is 2.70 bits per heavy atom. The van der Waals surface area contributed by atoms with E-state index in [-0.39, 0.29) is 11.6 Å². The number of thiophene rings is 1. The van der Waals surface area contributed by atoms with Gasteiger partial charge in [-0.1, -0.05) is 6.07 Å². The normalized spacial score (nSPS) is 15.0. The second kappa shape index (κ2) is 8.83. The van der Waals surface area contributed by atoms with Gasteiger partial charge in [-0.3, -0.25) is 4.90 Å². The number of morpholine rings is 1. The number of nitrogens with zero attached hydrogens (tertiary/aromatic N) is 4. The van der Waals surface area contributed by atoms with Gasteiger partial charge in [0.05, 0.1) is 32.3 Å². The number of methoxy groups -OCH3 is 1. The second-order valence-corrected chi connectivity index (χ2v) is 8.84. The molecular formula is C22H27FN4O2S. The highest BCUT2D eigenvalue weighted by Crippen LogP contribution is 2.35. The van der Waals surface area contributed by atoms with E-state index in [4.69, 9.17) is 19.4 Å². The van der Waals surface area contributed by atoms with E-state index in [9.17, 15) is 4.39 Å². The van der Waals surface area contributed by atoms with Crippen molar-refractivity contribution in [3.63, 3.8) is 0 Å². The molecule has 4 rings (SSSR count). The van der Waals surface area contributed by atoms with Crippen molar-refractivity contribution in [3.05, 3.63) is 45.8 Å². The topological polar surface area (TPSA) is 50.7 Å². The van der Waals surface area contributed by atoms with Gasteiger partial charge in [0.2, 0.25) is 0 Å². The number of aromatic nitrogens is 2. The smallest absolute Gasteiger partial charge is 0.165 e. The lowest BCUT2D eigenvalue weighted by Crippen LogP contribution is -2.36. The third kappa shape index (κ3) is 4.26. The van der Waals surface area contributed by atoms with Gasteiger partial charge < -0.3 is 14.4 Å². The molecule has 1 saturated heterocycles. The molecule has 3 aromatic rings. The van der Waals surface area contributed by atoms with Gasteiger partial charge in [0.1, 0.15) is 16.5 Å². The number of hydrogen-bond acceptors (Lipinski definition) is 7. The van der Waals surface area contributed by atoms with Crippen LogP contribution in [0, 0.1) is 19.7 Å². The lowest BCUT2D eigenvalue weighted by molar-refractivity contribution is 0.0331. The molecular weight excluding hydrogens is 403 g/mol. The fraction of sp³-hybridized carbons (Fsp3) is 0.455. The predicted molar refractivity (Wildman–Crippen MR) is 118 cm³/mol. The van der Waals surface area contributed by atoms with Crippen LogP contribution in [0.15, 0.2) is 18.2 Å². The molecule has 0 atom stereocenters. The lowest BCUT2D eigenvalue weighted by atomic mass is 10.1. The molecule has 0 unspecified atom stereocenters. The molecule has 0 bridgehead atoms.